The molecule has 4 atom stereocenters. The van der Waals surface area contributed by atoms with E-state index in [2.05, 4.69) is 20.6 Å². The molecule has 1 aliphatic rings. The largest absolute Gasteiger partial charge is 0.480 e. The number of nitrogens with zero attached hydrogens (tertiary/aromatic N) is 3. The molecule has 220 valence electrons. The molecular weight excluding hydrogens is 514 g/mol. The SMILES string of the molecule is NC(=O)CCC(N)C(=O)NC(CCCN=C(N)N)C(=O)NC(CCCN=C(N)N)C(=O)N1CCCC1C(=O)O. The van der Waals surface area contributed by atoms with Crippen molar-refractivity contribution in [2.75, 3.05) is 19.6 Å². The monoisotopic (exact) mass is 555 g/mol. The van der Waals surface area contributed by atoms with E-state index < -0.39 is 53.8 Å². The van der Waals surface area contributed by atoms with E-state index in [9.17, 15) is 29.1 Å². The smallest absolute Gasteiger partial charge is 0.326 e. The molecule has 4 amide bonds. The zero-order chi connectivity index (χ0) is 29.5. The molecule has 0 spiro atoms. The summed E-state index contributed by atoms with van der Waals surface area (Å²) < 4.78 is 0. The lowest BCUT2D eigenvalue weighted by molar-refractivity contribution is -0.149. The van der Waals surface area contributed by atoms with Gasteiger partial charge in [0.1, 0.15) is 18.1 Å². The van der Waals surface area contributed by atoms with Gasteiger partial charge in [0.05, 0.1) is 6.04 Å². The van der Waals surface area contributed by atoms with Crippen molar-refractivity contribution >= 4 is 41.5 Å². The summed E-state index contributed by atoms with van der Waals surface area (Å²) in [6, 6.07) is -4.35. The Morgan fingerprint density at radius 2 is 1.38 bits per heavy atom. The van der Waals surface area contributed by atoms with E-state index in [-0.39, 0.29) is 57.2 Å². The van der Waals surface area contributed by atoms with Gasteiger partial charge in [0, 0.05) is 26.1 Å². The van der Waals surface area contributed by atoms with E-state index in [1.807, 2.05) is 0 Å². The van der Waals surface area contributed by atoms with Gasteiger partial charge in [0.25, 0.3) is 0 Å². The number of nitrogens with two attached hydrogens (primary N) is 6. The second kappa shape index (κ2) is 16.6. The number of likely N-dealkylation sites (tertiary alicyclic amines) is 1. The molecule has 1 heterocycles. The Bertz CT molecular complexity index is 933. The van der Waals surface area contributed by atoms with Crippen LogP contribution in [0.4, 0.5) is 0 Å². The molecule has 17 heteroatoms. The fraction of sp³-hybridized carbons (Fsp3) is 0.682. The number of hydrogen-bond acceptors (Lipinski definition) is 8. The van der Waals surface area contributed by atoms with Gasteiger partial charge in [-0.25, -0.2) is 4.79 Å². The maximum Gasteiger partial charge on any atom is 0.326 e. The van der Waals surface area contributed by atoms with Crippen LogP contribution in [0.5, 0.6) is 0 Å². The number of primary amides is 1. The zero-order valence-electron chi connectivity index (χ0n) is 21.9. The minimum absolute atomic E-state index is 0.0268. The number of carbonyl (C=O) groups excluding carboxylic acids is 4. The summed E-state index contributed by atoms with van der Waals surface area (Å²) in [5, 5.41) is 14.7. The number of aliphatic imine (C=N–C) groups is 2. The lowest BCUT2D eigenvalue weighted by Crippen LogP contribution is -2.57. The fourth-order valence-corrected chi connectivity index (χ4v) is 4.00. The first-order chi connectivity index (χ1) is 18.3. The minimum Gasteiger partial charge on any atom is -0.480 e. The van der Waals surface area contributed by atoms with Crippen molar-refractivity contribution in [2.45, 2.75) is 75.5 Å². The molecule has 0 aromatic carbocycles. The standard InChI is InChI=1S/C22H41N11O6/c23-12(7-8-16(24)34)17(35)31-13(4-1-9-29-21(25)26)18(36)32-14(5-2-10-30-22(27)28)19(37)33-11-3-6-15(33)20(38)39/h12-15H,1-11,23H2,(H2,24,34)(H,31,35)(H,32,36)(H,38,39)(H4,25,26,29)(H4,27,28,30). The van der Waals surface area contributed by atoms with Crippen LogP contribution in [0.1, 0.15) is 51.4 Å². The number of carbonyl (C=O) groups is 5. The van der Waals surface area contributed by atoms with Crippen LogP contribution in [0.2, 0.25) is 0 Å². The molecule has 0 saturated carbocycles. The predicted molar refractivity (Wildman–Crippen MR) is 142 cm³/mol. The lowest BCUT2D eigenvalue weighted by Gasteiger charge is -2.29. The molecule has 1 fully saturated rings. The van der Waals surface area contributed by atoms with Gasteiger partial charge in [-0.3, -0.25) is 29.2 Å². The van der Waals surface area contributed by atoms with Gasteiger partial charge in [-0.15, -0.1) is 0 Å². The normalized spacial score (nSPS) is 16.8. The Balaban J connectivity index is 3.07. The topological polar surface area (TPSA) is 314 Å². The van der Waals surface area contributed by atoms with Gasteiger partial charge in [0.2, 0.25) is 23.6 Å². The Morgan fingerprint density at radius 3 is 1.90 bits per heavy atom. The third-order valence-electron chi connectivity index (χ3n) is 6.00. The lowest BCUT2D eigenvalue weighted by atomic mass is 10.1. The van der Waals surface area contributed by atoms with E-state index in [1.165, 1.54) is 4.90 Å². The van der Waals surface area contributed by atoms with E-state index in [0.717, 1.165) is 0 Å². The number of nitrogens with one attached hydrogen (secondary N) is 2. The Morgan fingerprint density at radius 1 is 0.846 bits per heavy atom. The Hall–Kier alpha value is -4.15. The van der Waals surface area contributed by atoms with Gasteiger partial charge >= 0.3 is 5.97 Å². The molecule has 0 radical (unpaired) electrons. The Kier molecular flexibility index (Phi) is 14.0. The summed E-state index contributed by atoms with van der Waals surface area (Å²) in [7, 11) is 0. The van der Waals surface area contributed by atoms with E-state index in [4.69, 9.17) is 34.4 Å². The van der Waals surface area contributed by atoms with Gasteiger partial charge in [-0.2, -0.15) is 0 Å². The highest BCUT2D eigenvalue weighted by Crippen LogP contribution is 2.20. The second-order valence-corrected chi connectivity index (χ2v) is 9.16. The molecule has 0 aromatic heterocycles. The summed E-state index contributed by atoms with van der Waals surface area (Å²) in [6.07, 6.45) is 1.45. The molecule has 0 aromatic rings. The molecule has 15 N–H and O–H groups in total. The maximum absolute atomic E-state index is 13.3. The van der Waals surface area contributed by atoms with Crippen LogP contribution in [0, 0.1) is 0 Å². The highest BCUT2D eigenvalue weighted by Gasteiger charge is 2.38. The van der Waals surface area contributed by atoms with Gasteiger partial charge in [-0.05, 0) is 44.9 Å². The number of carboxylic acid groups (broad SMARTS) is 1. The van der Waals surface area contributed by atoms with Crippen molar-refractivity contribution in [1.29, 1.82) is 0 Å². The van der Waals surface area contributed by atoms with Crippen LogP contribution in [0.25, 0.3) is 0 Å². The number of aliphatic carboxylic acids is 1. The molecule has 1 saturated heterocycles. The molecule has 17 nitrogen and oxygen atoms in total. The van der Waals surface area contributed by atoms with Crippen LogP contribution >= 0.6 is 0 Å². The maximum atomic E-state index is 13.3. The van der Waals surface area contributed by atoms with E-state index in [1.54, 1.807) is 0 Å². The molecule has 1 aliphatic heterocycles. The van der Waals surface area contributed by atoms with Crippen molar-refractivity contribution in [3.05, 3.63) is 0 Å². The van der Waals surface area contributed by atoms with Crippen LogP contribution in [0.15, 0.2) is 9.98 Å². The number of amides is 4. The Labute approximate surface area is 226 Å². The highest BCUT2D eigenvalue weighted by atomic mass is 16.4. The third kappa shape index (κ3) is 12.3. The van der Waals surface area contributed by atoms with E-state index >= 15 is 0 Å². The summed E-state index contributed by atoms with van der Waals surface area (Å²) in [5.41, 5.74) is 32.3. The highest BCUT2D eigenvalue weighted by molar-refractivity contribution is 5.94. The van der Waals surface area contributed by atoms with Crippen molar-refractivity contribution in [3.63, 3.8) is 0 Å². The predicted octanol–water partition coefficient (Wildman–Crippen LogP) is -4.27. The third-order valence-corrected chi connectivity index (χ3v) is 6.00. The average Bonchev–Trinajstić information content (AvgIpc) is 3.35. The van der Waals surface area contributed by atoms with Crippen molar-refractivity contribution in [1.82, 2.24) is 15.5 Å². The first kappa shape index (κ1) is 32.9. The van der Waals surface area contributed by atoms with Crippen LogP contribution in [0.3, 0.4) is 0 Å². The zero-order valence-corrected chi connectivity index (χ0v) is 21.9. The van der Waals surface area contributed by atoms with E-state index in [0.29, 0.717) is 25.7 Å². The van der Waals surface area contributed by atoms with Gasteiger partial charge in [-0.1, -0.05) is 0 Å². The van der Waals surface area contributed by atoms with Gasteiger partial charge in [0.15, 0.2) is 11.9 Å². The summed E-state index contributed by atoms with van der Waals surface area (Å²) in [5.74, 6) is -4.00. The molecule has 0 bridgehead atoms. The number of hydrogen-bond donors (Lipinski definition) is 9. The summed E-state index contributed by atoms with van der Waals surface area (Å²) in [6.45, 7) is 0.575. The number of rotatable bonds is 17. The van der Waals surface area contributed by atoms with Crippen LogP contribution < -0.4 is 45.0 Å². The van der Waals surface area contributed by atoms with Crippen molar-refractivity contribution in [3.8, 4) is 0 Å². The average molecular weight is 556 g/mol. The molecule has 1 rings (SSSR count). The fourth-order valence-electron chi connectivity index (χ4n) is 4.00. The minimum atomic E-state index is -1.14. The van der Waals surface area contributed by atoms with Crippen molar-refractivity contribution in [2.24, 2.45) is 44.4 Å². The van der Waals surface area contributed by atoms with Crippen molar-refractivity contribution < 1.29 is 29.1 Å². The van der Waals surface area contributed by atoms with Gasteiger partial charge < -0.3 is 55.0 Å². The number of guanidine groups is 2. The summed E-state index contributed by atoms with van der Waals surface area (Å²) >= 11 is 0. The van der Waals surface area contributed by atoms with Crippen LogP contribution in [-0.2, 0) is 24.0 Å². The second-order valence-electron chi connectivity index (χ2n) is 9.16. The van der Waals surface area contributed by atoms with Crippen LogP contribution in [-0.4, -0.2) is 95.3 Å². The summed E-state index contributed by atoms with van der Waals surface area (Å²) in [4.78, 5) is 70.9. The molecule has 0 aliphatic carbocycles. The number of carboxylic acids is 1. The quantitative estimate of drug-likeness (QED) is 0.0469. The first-order valence-electron chi connectivity index (χ1n) is 12.6. The molecular formula is C22H41N11O6. The molecule has 39 heavy (non-hydrogen) atoms. The molecule has 4 unspecified atom stereocenters. The first-order valence-corrected chi connectivity index (χ1v) is 12.6.